The predicted octanol–water partition coefficient (Wildman–Crippen LogP) is 6.06. The topological polar surface area (TPSA) is 49.4 Å². The maximum atomic E-state index is 13.4. The molecule has 0 radical (unpaired) electrons. The zero-order valence-electron chi connectivity index (χ0n) is 17.5. The van der Waals surface area contributed by atoms with Gasteiger partial charge < -0.3 is 10.2 Å². The van der Waals surface area contributed by atoms with Gasteiger partial charge in [0.2, 0.25) is 11.8 Å². The van der Waals surface area contributed by atoms with E-state index in [4.69, 9.17) is 34.8 Å². The second-order valence-corrected chi connectivity index (χ2v) is 9.17. The molecule has 1 aliphatic rings. The first-order valence-corrected chi connectivity index (χ1v) is 11.8. The molecule has 0 aliphatic heterocycles. The van der Waals surface area contributed by atoms with Gasteiger partial charge in [0.1, 0.15) is 6.04 Å². The van der Waals surface area contributed by atoms with Crippen LogP contribution in [-0.2, 0) is 22.6 Å². The van der Waals surface area contributed by atoms with Gasteiger partial charge >= 0.3 is 0 Å². The minimum absolute atomic E-state index is 0.109. The number of carbonyl (C=O) groups excluding carboxylic acids is 2. The fourth-order valence-corrected chi connectivity index (χ4v) is 4.55. The Morgan fingerprint density at radius 2 is 1.74 bits per heavy atom. The van der Waals surface area contributed by atoms with E-state index in [0.29, 0.717) is 21.5 Å². The van der Waals surface area contributed by atoms with Crippen LogP contribution in [0.15, 0.2) is 42.5 Å². The largest absolute Gasteiger partial charge is 0.352 e. The van der Waals surface area contributed by atoms with Gasteiger partial charge in [-0.3, -0.25) is 9.59 Å². The molecule has 1 aliphatic carbocycles. The molecule has 2 aromatic rings. The zero-order chi connectivity index (χ0) is 22.4. The lowest BCUT2D eigenvalue weighted by Crippen LogP contribution is -2.51. The first-order chi connectivity index (χ1) is 14.9. The van der Waals surface area contributed by atoms with Crippen molar-refractivity contribution in [2.45, 2.75) is 64.1 Å². The molecule has 31 heavy (non-hydrogen) atoms. The van der Waals surface area contributed by atoms with E-state index < -0.39 is 6.04 Å². The van der Waals surface area contributed by atoms with Gasteiger partial charge in [0.05, 0.1) is 16.5 Å². The number of rotatable bonds is 8. The number of hydrogen-bond acceptors (Lipinski definition) is 2. The van der Waals surface area contributed by atoms with E-state index in [9.17, 15) is 9.59 Å². The third-order valence-corrected chi connectivity index (χ3v) is 6.83. The Morgan fingerprint density at radius 3 is 2.39 bits per heavy atom. The van der Waals surface area contributed by atoms with E-state index in [2.05, 4.69) is 5.32 Å². The van der Waals surface area contributed by atoms with Gasteiger partial charge in [0, 0.05) is 17.6 Å². The van der Waals surface area contributed by atoms with Crippen LogP contribution >= 0.6 is 34.8 Å². The Bertz CT molecular complexity index is 929. The average Bonchev–Trinajstić information content (AvgIpc) is 3.25. The summed E-state index contributed by atoms with van der Waals surface area (Å²) in [7, 11) is 0. The Labute approximate surface area is 198 Å². The molecule has 0 unspecified atom stereocenters. The van der Waals surface area contributed by atoms with Crippen molar-refractivity contribution >= 4 is 46.6 Å². The lowest BCUT2D eigenvalue weighted by molar-refractivity contribution is -0.141. The Balaban J connectivity index is 1.85. The number of carbonyl (C=O) groups is 2. The summed E-state index contributed by atoms with van der Waals surface area (Å²) in [5.41, 5.74) is 1.55. The predicted molar refractivity (Wildman–Crippen MR) is 127 cm³/mol. The van der Waals surface area contributed by atoms with Crippen LogP contribution in [0.3, 0.4) is 0 Å². The average molecular weight is 482 g/mol. The number of hydrogen-bond donors (Lipinski definition) is 1. The van der Waals surface area contributed by atoms with Crippen LogP contribution in [0.4, 0.5) is 0 Å². The van der Waals surface area contributed by atoms with Crippen molar-refractivity contribution in [2.24, 2.45) is 0 Å². The Morgan fingerprint density at radius 1 is 1.03 bits per heavy atom. The third kappa shape index (κ3) is 6.38. The van der Waals surface area contributed by atoms with Crippen molar-refractivity contribution in [3.05, 3.63) is 68.7 Å². The van der Waals surface area contributed by atoms with E-state index in [0.717, 1.165) is 36.8 Å². The summed E-state index contributed by atoms with van der Waals surface area (Å²) >= 11 is 18.5. The van der Waals surface area contributed by atoms with Gasteiger partial charge in [-0.15, -0.1) is 0 Å². The van der Waals surface area contributed by atoms with Crippen molar-refractivity contribution in [1.82, 2.24) is 10.2 Å². The van der Waals surface area contributed by atoms with Gasteiger partial charge in [-0.2, -0.15) is 0 Å². The van der Waals surface area contributed by atoms with Crippen molar-refractivity contribution < 1.29 is 9.59 Å². The normalized spacial score (nSPS) is 15.0. The number of halogens is 3. The molecule has 0 saturated heterocycles. The van der Waals surface area contributed by atoms with Crippen LogP contribution in [0.1, 0.15) is 50.2 Å². The molecule has 1 fully saturated rings. The molecule has 0 heterocycles. The monoisotopic (exact) mass is 480 g/mol. The molecule has 0 aromatic heterocycles. The van der Waals surface area contributed by atoms with Gasteiger partial charge in [0.15, 0.2) is 0 Å². The molecule has 7 heteroatoms. The molecule has 2 aromatic carbocycles. The number of benzene rings is 2. The zero-order valence-corrected chi connectivity index (χ0v) is 19.8. The van der Waals surface area contributed by atoms with Gasteiger partial charge in [0.25, 0.3) is 0 Å². The highest BCUT2D eigenvalue weighted by molar-refractivity contribution is 6.42. The second kappa shape index (κ2) is 11.2. The molecular formula is C24H27Cl3N2O2. The van der Waals surface area contributed by atoms with Crippen molar-refractivity contribution in [2.75, 3.05) is 0 Å². The number of nitrogens with one attached hydrogen (secondary N) is 1. The fraction of sp³-hybridized carbons (Fsp3) is 0.417. The minimum atomic E-state index is -0.579. The van der Waals surface area contributed by atoms with Gasteiger partial charge in [-0.05, 0) is 48.6 Å². The second-order valence-electron chi connectivity index (χ2n) is 7.95. The summed E-state index contributed by atoms with van der Waals surface area (Å²) < 4.78 is 0. The van der Waals surface area contributed by atoms with E-state index in [1.807, 2.05) is 31.2 Å². The molecule has 4 nitrogen and oxygen atoms in total. The summed E-state index contributed by atoms with van der Waals surface area (Å²) in [6.45, 7) is 2.18. The molecule has 1 saturated carbocycles. The smallest absolute Gasteiger partial charge is 0.243 e. The minimum Gasteiger partial charge on any atom is -0.352 e. The summed E-state index contributed by atoms with van der Waals surface area (Å²) in [5.74, 6) is -0.269. The maximum absolute atomic E-state index is 13.4. The SMILES string of the molecule is CC[C@@H](C(=O)NC1CCCC1)N(Cc1ccc(Cl)c(Cl)c1)C(=O)Cc1ccccc1Cl. The first-order valence-electron chi connectivity index (χ1n) is 10.7. The first kappa shape index (κ1) is 23.9. The molecule has 1 N–H and O–H groups in total. The summed E-state index contributed by atoms with van der Waals surface area (Å²) in [6, 6.07) is 12.1. The van der Waals surface area contributed by atoms with Crippen LogP contribution in [0, 0.1) is 0 Å². The highest BCUT2D eigenvalue weighted by Crippen LogP contribution is 2.25. The van der Waals surface area contributed by atoms with Crippen LogP contribution in [-0.4, -0.2) is 28.8 Å². The molecular weight excluding hydrogens is 455 g/mol. The van der Waals surface area contributed by atoms with Crippen LogP contribution in [0.5, 0.6) is 0 Å². The number of amides is 2. The van der Waals surface area contributed by atoms with Crippen molar-refractivity contribution in [3.63, 3.8) is 0 Å². The molecule has 166 valence electrons. The Kier molecular flexibility index (Phi) is 8.65. The maximum Gasteiger partial charge on any atom is 0.243 e. The summed E-state index contributed by atoms with van der Waals surface area (Å²) in [6.07, 6.45) is 4.85. The van der Waals surface area contributed by atoms with Crippen molar-refractivity contribution in [1.29, 1.82) is 0 Å². The lowest BCUT2D eigenvalue weighted by atomic mass is 10.1. The molecule has 1 atom stereocenters. The van der Waals surface area contributed by atoms with E-state index in [1.165, 1.54) is 0 Å². The summed E-state index contributed by atoms with van der Waals surface area (Å²) in [5, 5.41) is 4.54. The fourth-order valence-electron chi connectivity index (χ4n) is 4.03. The van der Waals surface area contributed by atoms with Crippen LogP contribution in [0.25, 0.3) is 0 Å². The van der Waals surface area contributed by atoms with Crippen molar-refractivity contribution in [3.8, 4) is 0 Å². The van der Waals surface area contributed by atoms with E-state index >= 15 is 0 Å². The van der Waals surface area contributed by atoms with Crippen LogP contribution < -0.4 is 5.32 Å². The molecule has 0 bridgehead atoms. The Hall–Kier alpha value is -1.75. The highest BCUT2D eigenvalue weighted by Gasteiger charge is 2.31. The van der Waals surface area contributed by atoms with Gasteiger partial charge in [-0.25, -0.2) is 0 Å². The summed E-state index contributed by atoms with van der Waals surface area (Å²) in [4.78, 5) is 28.2. The highest BCUT2D eigenvalue weighted by atomic mass is 35.5. The third-order valence-electron chi connectivity index (χ3n) is 5.72. The van der Waals surface area contributed by atoms with Crippen LogP contribution in [0.2, 0.25) is 15.1 Å². The molecule has 0 spiro atoms. The lowest BCUT2D eigenvalue weighted by Gasteiger charge is -2.32. The van der Waals surface area contributed by atoms with E-state index in [1.54, 1.807) is 23.1 Å². The quantitative estimate of drug-likeness (QED) is 0.498. The molecule has 3 rings (SSSR count). The van der Waals surface area contributed by atoms with Gasteiger partial charge in [-0.1, -0.05) is 78.8 Å². The number of nitrogens with zero attached hydrogens (tertiary/aromatic N) is 1. The van der Waals surface area contributed by atoms with E-state index in [-0.39, 0.29) is 30.8 Å². The molecule has 2 amide bonds. The standard InChI is InChI=1S/C24H27Cl3N2O2/c1-2-22(24(31)28-18-8-4-5-9-18)29(15-16-11-12-20(26)21(27)13-16)23(30)14-17-7-3-6-10-19(17)25/h3,6-7,10-13,18,22H,2,4-5,8-9,14-15H2,1H3,(H,28,31)/t22-/m0/s1.